The Morgan fingerprint density at radius 1 is 1.31 bits per heavy atom. The van der Waals surface area contributed by atoms with Gasteiger partial charge in [0.25, 0.3) is 0 Å². The Hall–Kier alpha value is -0.770. The molecule has 0 aliphatic heterocycles. The van der Waals surface area contributed by atoms with Crippen LogP contribution >= 0.6 is 0 Å². The molecule has 1 fully saturated rings. The highest BCUT2D eigenvalue weighted by Gasteiger charge is 2.29. The molecule has 0 aromatic heterocycles. The molecule has 1 rings (SSSR count). The van der Waals surface area contributed by atoms with Crippen LogP contribution in [0.3, 0.4) is 0 Å². The fourth-order valence-corrected chi connectivity index (χ4v) is 1.95. The fraction of sp³-hybridized carbons (Fsp3) is 0.917. The van der Waals surface area contributed by atoms with Gasteiger partial charge in [-0.25, -0.2) is 4.79 Å². The number of carbonyl (C=O) groups excluding carboxylic acids is 1. The van der Waals surface area contributed by atoms with Gasteiger partial charge in [-0.15, -0.1) is 0 Å². The van der Waals surface area contributed by atoms with Gasteiger partial charge in [0.05, 0.1) is 5.54 Å². The number of amides is 1. The summed E-state index contributed by atoms with van der Waals surface area (Å²) in [4.78, 5) is 11.5. The van der Waals surface area contributed by atoms with Crippen molar-refractivity contribution < 1.29 is 9.53 Å². The number of rotatable bonds is 2. The summed E-state index contributed by atoms with van der Waals surface area (Å²) in [6.45, 7) is 6.10. The SMILES string of the molecule is CC(C)(C)NC(=O)OCC1(N)CCCCC1. The first-order valence-corrected chi connectivity index (χ1v) is 6.05. The number of nitrogens with two attached hydrogens (primary N) is 1. The lowest BCUT2D eigenvalue weighted by atomic mass is 9.83. The number of alkyl carbamates (subject to hydrolysis) is 1. The number of hydrogen-bond donors (Lipinski definition) is 2. The van der Waals surface area contributed by atoms with E-state index in [1.54, 1.807) is 0 Å². The van der Waals surface area contributed by atoms with Gasteiger partial charge < -0.3 is 15.8 Å². The molecule has 1 aliphatic carbocycles. The highest BCUT2D eigenvalue weighted by Crippen LogP contribution is 2.26. The van der Waals surface area contributed by atoms with E-state index in [0.717, 1.165) is 25.7 Å². The maximum atomic E-state index is 11.5. The van der Waals surface area contributed by atoms with Crippen LogP contribution in [0.25, 0.3) is 0 Å². The molecule has 94 valence electrons. The van der Waals surface area contributed by atoms with Crippen LogP contribution in [0.2, 0.25) is 0 Å². The minimum atomic E-state index is -0.372. The molecule has 0 radical (unpaired) electrons. The van der Waals surface area contributed by atoms with E-state index < -0.39 is 0 Å². The van der Waals surface area contributed by atoms with Crippen molar-refractivity contribution in [2.24, 2.45) is 5.73 Å². The van der Waals surface area contributed by atoms with Crippen molar-refractivity contribution in [2.75, 3.05) is 6.61 Å². The first-order chi connectivity index (χ1) is 7.31. The molecule has 0 aromatic carbocycles. The summed E-state index contributed by atoms with van der Waals surface area (Å²) in [6, 6.07) is 0. The van der Waals surface area contributed by atoms with E-state index in [9.17, 15) is 4.79 Å². The third-order valence-corrected chi connectivity index (χ3v) is 2.82. The van der Waals surface area contributed by atoms with Gasteiger partial charge in [-0.2, -0.15) is 0 Å². The zero-order valence-corrected chi connectivity index (χ0v) is 10.6. The maximum Gasteiger partial charge on any atom is 0.407 e. The van der Waals surface area contributed by atoms with E-state index in [2.05, 4.69) is 5.32 Å². The van der Waals surface area contributed by atoms with Crippen molar-refractivity contribution in [2.45, 2.75) is 64.0 Å². The van der Waals surface area contributed by atoms with Gasteiger partial charge in [-0.3, -0.25) is 0 Å². The summed E-state index contributed by atoms with van der Waals surface area (Å²) in [6.07, 6.45) is 5.06. The Kier molecular flexibility index (Phi) is 4.19. The van der Waals surface area contributed by atoms with E-state index in [1.807, 2.05) is 20.8 Å². The van der Waals surface area contributed by atoms with Crippen molar-refractivity contribution in [3.8, 4) is 0 Å². The van der Waals surface area contributed by atoms with E-state index in [0.29, 0.717) is 6.61 Å². The minimum absolute atomic E-state index is 0.259. The summed E-state index contributed by atoms with van der Waals surface area (Å²) in [5, 5.41) is 2.76. The first kappa shape index (κ1) is 13.3. The van der Waals surface area contributed by atoms with Crippen LogP contribution in [0.5, 0.6) is 0 Å². The summed E-state index contributed by atoms with van der Waals surface area (Å²) >= 11 is 0. The minimum Gasteiger partial charge on any atom is -0.448 e. The van der Waals surface area contributed by atoms with Crippen molar-refractivity contribution in [1.82, 2.24) is 5.32 Å². The fourth-order valence-electron chi connectivity index (χ4n) is 1.95. The Morgan fingerprint density at radius 2 is 1.88 bits per heavy atom. The molecule has 3 N–H and O–H groups in total. The Morgan fingerprint density at radius 3 is 2.38 bits per heavy atom. The molecule has 1 amide bonds. The molecule has 0 saturated heterocycles. The summed E-state index contributed by atoms with van der Waals surface area (Å²) in [5.74, 6) is 0. The van der Waals surface area contributed by atoms with Gasteiger partial charge in [0.1, 0.15) is 6.61 Å². The van der Waals surface area contributed by atoms with E-state index in [4.69, 9.17) is 10.5 Å². The second-order valence-electron chi connectivity index (χ2n) is 5.87. The Labute approximate surface area is 97.9 Å². The average Bonchev–Trinajstić information content (AvgIpc) is 2.14. The highest BCUT2D eigenvalue weighted by atomic mass is 16.5. The standard InChI is InChI=1S/C12H24N2O2/c1-11(2,3)14-10(15)16-9-12(13)7-5-4-6-8-12/h4-9,13H2,1-3H3,(H,14,15). The first-order valence-electron chi connectivity index (χ1n) is 6.05. The normalized spacial score (nSPS) is 20.2. The predicted octanol–water partition coefficient (Wildman–Crippen LogP) is 2.17. The molecule has 0 aromatic rings. The van der Waals surface area contributed by atoms with Gasteiger partial charge in [-0.05, 0) is 33.6 Å². The van der Waals surface area contributed by atoms with Gasteiger partial charge in [-0.1, -0.05) is 19.3 Å². The van der Waals surface area contributed by atoms with Gasteiger partial charge in [0, 0.05) is 5.54 Å². The third kappa shape index (κ3) is 4.84. The van der Waals surface area contributed by atoms with E-state index in [1.165, 1.54) is 6.42 Å². The molecule has 0 heterocycles. The summed E-state index contributed by atoms with van der Waals surface area (Å²) in [7, 11) is 0. The van der Waals surface area contributed by atoms with Crippen LogP contribution in [0.15, 0.2) is 0 Å². The van der Waals surface area contributed by atoms with E-state index in [-0.39, 0.29) is 17.2 Å². The van der Waals surface area contributed by atoms with Crippen LogP contribution in [-0.4, -0.2) is 23.8 Å². The number of nitrogens with one attached hydrogen (secondary N) is 1. The van der Waals surface area contributed by atoms with Crippen LogP contribution in [0.1, 0.15) is 52.9 Å². The van der Waals surface area contributed by atoms with E-state index >= 15 is 0 Å². The molecule has 16 heavy (non-hydrogen) atoms. The second kappa shape index (κ2) is 5.04. The molecule has 0 atom stereocenters. The van der Waals surface area contributed by atoms with Crippen LogP contribution < -0.4 is 11.1 Å². The molecule has 1 aliphatic rings. The average molecular weight is 228 g/mol. The molecule has 0 spiro atoms. The Bertz CT molecular complexity index is 240. The smallest absolute Gasteiger partial charge is 0.407 e. The van der Waals surface area contributed by atoms with Crippen molar-refractivity contribution in [1.29, 1.82) is 0 Å². The monoisotopic (exact) mass is 228 g/mol. The predicted molar refractivity (Wildman–Crippen MR) is 64.2 cm³/mol. The molecule has 0 bridgehead atoms. The van der Waals surface area contributed by atoms with Crippen molar-refractivity contribution >= 4 is 6.09 Å². The lowest BCUT2D eigenvalue weighted by Crippen LogP contribution is -2.49. The van der Waals surface area contributed by atoms with Crippen LogP contribution in [-0.2, 0) is 4.74 Å². The van der Waals surface area contributed by atoms with Gasteiger partial charge >= 0.3 is 6.09 Å². The second-order valence-corrected chi connectivity index (χ2v) is 5.87. The lowest BCUT2D eigenvalue weighted by Gasteiger charge is -2.33. The van der Waals surface area contributed by atoms with Crippen LogP contribution in [0, 0.1) is 0 Å². The zero-order valence-electron chi connectivity index (χ0n) is 10.6. The molecular weight excluding hydrogens is 204 g/mol. The number of hydrogen-bond acceptors (Lipinski definition) is 3. The zero-order chi connectivity index (χ0) is 12.2. The molecule has 4 nitrogen and oxygen atoms in total. The van der Waals surface area contributed by atoms with Crippen LogP contribution in [0.4, 0.5) is 4.79 Å². The third-order valence-electron chi connectivity index (χ3n) is 2.82. The van der Waals surface area contributed by atoms with Gasteiger partial charge in [0.15, 0.2) is 0 Å². The maximum absolute atomic E-state index is 11.5. The van der Waals surface area contributed by atoms with Gasteiger partial charge in [0.2, 0.25) is 0 Å². The number of ether oxygens (including phenoxy) is 1. The Balaban J connectivity index is 2.30. The molecule has 0 unspecified atom stereocenters. The molecule has 1 saturated carbocycles. The molecule has 4 heteroatoms. The van der Waals surface area contributed by atoms with Crippen molar-refractivity contribution in [3.05, 3.63) is 0 Å². The summed E-state index contributed by atoms with van der Waals surface area (Å²) in [5.41, 5.74) is 5.61. The van der Waals surface area contributed by atoms with Crippen molar-refractivity contribution in [3.63, 3.8) is 0 Å². The topological polar surface area (TPSA) is 64.3 Å². The lowest BCUT2D eigenvalue weighted by molar-refractivity contribution is 0.0957. The largest absolute Gasteiger partial charge is 0.448 e. The quantitative estimate of drug-likeness (QED) is 0.761. The molecular formula is C12H24N2O2. The summed E-state index contributed by atoms with van der Waals surface area (Å²) < 4.78 is 5.19. The highest BCUT2D eigenvalue weighted by molar-refractivity contribution is 5.68. The number of carbonyl (C=O) groups is 1.